The van der Waals surface area contributed by atoms with Gasteiger partial charge in [0.05, 0.1) is 23.7 Å². The van der Waals surface area contributed by atoms with Gasteiger partial charge in [0.25, 0.3) is 5.91 Å². The molecule has 3 heterocycles. The number of aromatic nitrogens is 3. The average molecular weight is 363 g/mol. The van der Waals surface area contributed by atoms with Crippen molar-refractivity contribution in [2.24, 2.45) is 0 Å². The van der Waals surface area contributed by atoms with Crippen molar-refractivity contribution >= 4 is 27.1 Å². The maximum absolute atomic E-state index is 12.7. The summed E-state index contributed by atoms with van der Waals surface area (Å²) in [7, 11) is -3.24. The molecule has 2 aromatic heterocycles. The van der Waals surface area contributed by atoms with Crippen molar-refractivity contribution in [3.63, 3.8) is 0 Å². The van der Waals surface area contributed by atoms with Crippen LogP contribution in [0.3, 0.4) is 0 Å². The molecule has 0 spiro atoms. The minimum Gasteiger partial charge on any atom is -0.348 e. The van der Waals surface area contributed by atoms with Gasteiger partial charge in [0.1, 0.15) is 5.52 Å². The van der Waals surface area contributed by atoms with E-state index in [1.807, 2.05) is 0 Å². The fourth-order valence-electron chi connectivity index (χ4n) is 3.28. The summed E-state index contributed by atoms with van der Waals surface area (Å²) in [5.74, 6) is 0.221. The van der Waals surface area contributed by atoms with Gasteiger partial charge in [-0.1, -0.05) is 0 Å². The molecule has 134 valence electrons. The van der Waals surface area contributed by atoms with Gasteiger partial charge in [-0.2, -0.15) is 0 Å². The lowest BCUT2D eigenvalue weighted by Crippen LogP contribution is -2.49. The number of rotatable bonds is 4. The number of hydrogen-bond acceptors (Lipinski definition) is 5. The Labute approximate surface area is 146 Å². The Hall–Kier alpha value is -2.00. The van der Waals surface area contributed by atoms with Crippen molar-refractivity contribution in [3.8, 4) is 0 Å². The number of hydrogen-bond donors (Lipinski definition) is 2. The Balaban J connectivity index is 1.53. The Kier molecular flexibility index (Phi) is 3.99. The highest BCUT2D eigenvalue weighted by Crippen LogP contribution is 2.39. The van der Waals surface area contributed by atoms with E-state index in [1.54, 1.807) is 12.4 Å². The fourth-order valence-corrected chi connectivity index (χ4v) is 4.19. The fraction of sp³-hybridized carbons (Fsp3) is 0.562. The first-order valence-corrected chi connectivity index (χ1v) is 10.4. The van der Waals surface area contributed by atoms with Crippen molar-refractivity contribution in [2.45, 2.75) is 37.6 Å². The Morgan fingerprint density at radius 1 is 1.36 bits per heavy atom. The summed E-state index contributed by atoms with van der Waals surface area (Å²) in [6.07, 6.45) is 8.32. The molecule has 2 N–H and O–H groups in total. The first kappa shape index (κ1) is 16.5. The van der Waals surface area contributed by atoms with Crippen LogP contribution >= 0.6 is 0 Å². The van der Waals surface area contributed by atoms with E-state index in [-0.39, 0.29) is 11.9 Å². The van der Waals surface area contributed by atoms with Crippen LogP contribution in [0.25, 0.3) is 11.2 Å². The molecule has 25 heavy (non-hydrogen) atoms. The van der Waals surface area contributed by atoms with Gasteiger partial charge in [-0.3, -0.25) is 4.79 Å². The molecule has 1 amide bonds. The van der Waals surface area contributed by atoms with Crippen LogP contribution in [0.15, 0.2) is 12.4 Å². The molecule has 0 aromatic carbocycles. The molecule has 0 unspecified atom stereocenters. The quantitative estimate of drug-likeness (QED) is 0.842. The van der Waals surface area contributed by atoms with Crippen LogP contribution in [0.5, 0.6) is 0 Å². The zero-order valence-electron chi connectivity index (χ0n) is 14.0. The molecular weight excluding hydrogens is 342 g/mol. The van der Waals surface area contributed by atoms with Crippen molar-refractivity contribution in [2.75, 3.05) is 19.3 Å². The number of aromatic amines is 1. The van der Waals surface area contributed by atoms with Gasteiger partial charge in [0, 0.05) is 31.2 Å². The van der Waals surface area contributed by atoms with Gasteiger partial charge in [0.2, 0.25) is 10.0 Å². The van der Waals surface area contributed by atoms with E-state index >= 15 is 0 Å². The highest BCUT2D eigenvalue weighted by atomic mass is 32.2. The topological polar surface area (TPSA) is 108 Å². The van der Waals surface area contributed by atoms with Gasteiger partial charge in [-0.25, -0.2) is 22.7 Å². The molecular formula is C16H21N5O3S. The summed E-state index contributed by atoms with van der Waals surface area (Å²) in [5, 5.41) is 2.95. The van der Waals surface area contributed by atoms with Gasteiger partial charge in [-0.05, 0) is 25.7 Å². The van der Waals surface area contributed by atoms with Crippen LogP contribution in [0.4, 0.5) is 0 Å². The Morgan fingerprint density at radius 2 is 2.16 bits per heavy atom. The molecule has 0 bridgehead atoms. The number of nitrogens with one attached hydrogen (secondary N) is 2. The van der Waals surface area contributed by atoms with Gasteiger partial charge in [-0.15, -0.1) is 0 Å². The lowest BCUT2D eigenvalue weighted by atomic mass is 10.1. The molecule has 4 rings (SSSR count). The maximum atomic E-state index is 12.7. The molecule has 0 radical (unpaired) electrons. The third-order valence-electron chi connectivity index (χ3n) is 4.83. The number of H-pyrrole nitrogens is 1. The molecule has 2 aromatic rings. The standard InChI is InChI=1S/C16H21N5O3S/c1-25(23,24)21-6-2-3-11(9-21)19-16(22)12-7-17-15-14(12)20-13(8-18-15)10-4-5-10/h7-8,10-11H,2-6,9H2,1H3,(H,17,18)(H,19,22)/t11-/m1/s1. The van der Waals surface area contributed by atoms with Crippen LogP contribution in [0, 0.1) is 0 Å². The van der Waals surface area contributed by atoms with Crippen molar-refractivity contribution in [3.05, 3.63) is 23.7 Å². The van der Waals surface area contributed by atoms with E-state index in [4.69, 9.17) is 0 Å². The Bertz CT molecular complexity index is 919. The summed E-state index contributed by atoms with van der Waals surface area (Å²) >= 11 is 0. The number of amides is 1. The third-order valence-corrected chi connectivity index (χ3v) is 6.10. The van der Waals surface area contributed by atoms with E-state index in [2.05, 4.69) is 20.3 Å². The number of sulfonamides is 1. The number of carbonyl (C=O) groups is 1. The highest BCUT2D eigenvalue weighted by molar-refractivity contribution is 7.88. The van der Waals surface area contributed by atoms with E-state index < -0.39 is 10.0 Å². The lowest BCUT2D eigenvalue weighted by molar-refractivity contribution is 0.0923. The zero-order valence-corrected chi connectivity index (χ0v) is 14.8. The number of fused-ring (bicyclic) bond motifs is 1. The van der Waals surface area contributed by atoms with Crippen LogP contribution in [0.2, 0.25) is 0 Å². The lowest BCUT2D eigenvalue weighted by Gasteiger charge is -2.31. The number of piperidine rings is 1. The second-order valence-corrected chi connectivity index (χ2v) is 8.88. The van der Waals surface area contributed by atoms with Crippen molar-refractivity contribution in [1.82, 2.24) is 24.6 Å². The minimum atomic E-state index is -3.24. The predicted octanol–water partition coefficient (Wildman–Crippen LogP) is 0.989. The Morgan fingerprint density at radius 3 is 2.88 bits per heavy atom. The SMILES string of the molecule is CS(=O)(=O)N1CCC[C@@H](NC(=O)c2c[nH]c3ncc(C4CC4)nc23)C1. The van der Waals surface area contributed by atoms with Crippen molar-refractivity contribution in [1.29, 1.82) is 0 Å². The average Bonchev–Trinajstić information content (AvgIpc) is 3.33. The summed E-state index contributed by atoms with van der Waals surface area (Å²) in [4.78, 5) is 24.6. The summed E-state index contributed by atoms with van der Waals surface area (Å²) in [6, 6.07) is -0.194. The molecule has 1 saturated carbocycles. The van der Waals surface area contributed by atoms with Gasteiger partial charge in [0.15, 0.2) is 5.65 Å². The third kappa shape index (κ3) is 3.38. The number of nitrogens with zero attached hydrogens (tertiary/aromatic N) is 3. The molecule has 8 nitrogen and oxygen atoms in total. The van der Waals surface area contributed by atoms with E-state index in [1.165, 1.54) is 10.6 Å². The smallest absolute Gasteiger partial charge is 0.255 e. The second-order valence-electron chi connectivity index (χ2n) is 6.90. The number of carbonyl (C=O) groups excluding carboxylic acids is 1. The molecule has 2 aliphatic rings. The second kappa shape index (κ2) is 6.06. The molecule has 1 atom stereocenters. The van der Waals surface area contributed by atoms with E-state index in [0.717, 1.165) is 31.4 Å². The molecule has 9 heteroatoms. The normalized spacial score (nSPS) is 22.2. The first-order valence-electron chi connectivity index (χ1n) is 8.52. The first-order chi connectivity index (χ1) is 11.9. The van der Waals surface area contributed by atoms with Gasteiger partial charge < -0.3 is 10.3 Å². The van der Waals surface area contributed by atoms with E-state index in [9.17, 15) is 13.2 Å². The minimum absolute atomic E-state index is 0.194. The van der Waals surface area contributed by atoms with Gasteiger partial charge >= 0.3 is 0 Å². The predicted molar refractivity (Wildman–Crippen MR) is 92.8 cm³/mol. The molecule has 2 fully saturated rings. The largest absolute Gasteiger partial charge is 0.348 e. The van der Waals surface area contributed by atoms with Crippen molar-refractivity contribution < 1.29 is 13.2 Å². The summed E-state index contributed by atoms with van der Waals surface area (Å²) in [6.45, 7) is 0.820. The maximum Gasteiger partial charge on any atom is 0.255 e. The molecule has 1 saturated heterocycles. The van der Waals surface area contributed by atoms with Crippen LogP contribution < -0.4 is 5.32 Å². The van der Waals surface area contributed by atoms with Crippen LogP contribution in [0.1, 0.15) is 47.7 Å². The monoisotopic (exact) mass is 363 g/mol. The zero-order chi connectivity index (χ0) is 17.6. The molecule has 1 aliphatic carbocycles. The highest BCUT2D eigenvalue weighted by Gasteiger charge is 2.29. The van der Waals surface area contributed by atoms with Crippen LogP contribution in [-0.4, -0.2) is 59.0 Å². The summed E-state index contributed by atoms with van der Waals surface area (Å²) in [5.41, 5.74) is 2.57. The summed E-state index contributed by atoms with van der Waals surface area (Å²) < 4.78 is 24.9. The van der Waals surface area contributed by atoms with E-state index in [0.29, 0.717) is 35.7 Å². The molecule has 1 aliphatic heterocycles. The van der Waals surface area contributed by atoms with Crippen LogP contribution in [-0.2, 0) is 10.0 Å².